The van der Waals surface area contributed by atoms with Crippen molar-refractivity contribution in [3.63, 3.8) is 0 Å². The Morgan fingerprint density at radius 1 is 0.829 bits per heavy atom. The van der Waals surface area contributed by atoms with Crippen LogP contribution >= 0.6 is 0 Å². The summed E-state index contributed by atoms with van der Waals surface area (Å²) in [5.74, 6) is -1.99. The van der Waals surface area contributed by atoms with Crippen molar-refractivity contribution in [2.24, 2.45) is 0 Å². The Morgan fingerprint density at radius 2 is 1.46 bits per heavy atom. The minimum Gasteiger partial charge on any atom is -0.508 e. The second-order valence-electron chi connectivity index (χ2n) is 8.18. The predicted molar refractivity (Wildman–Crippen MR) is 130 cm³/mol. The number of rotatable bonds is 10. The molecule has 2 amide bonds. The topological polar surface area (TPSA) is 125 Å². The summed E-state index contributed by atoms with van der Waals surface area (Å²) in [4.78, 5) is 37.4. The first-order chi connectivity index (χ1) is 16.8. The van der Waals surface area contributed by atoms with Crippen molar-refractivity contribution >= 4 is 18.0 Å². The van der Waals surface area contributed by atoms with E-state index in [-0.39, 0.29) is 25.2 Å². The number of amides is 2. The van der Waals surface area contributed by atoms with Crippen molar-refractivity contribution in [3.05, 3.63) is 101 Å². The molecule has 0 saturated heterocycles. The highest BCUT2D eigenvalue weighted by Gasteiger charge is 2.28. The van der Waals surface area contributed by atoms with Gasteiger partial charge in [0, 0.05) is 12.8 Å². The Balaban J connectivity index is 1.71. The summed E-state index contributed by atoms with van der Waals surface area (Å²) in [5, 5.41) is 24.8. The Morgan fingerprint density at radius 3 is 2.09 bits per heavy atom. The van der Waals surface area contributed by atoms with Crippen LogP contribution in [0.3, 0.4) is 0 Å². The van der Waals surface area contributed by atoms with Gasteiger partial charge in [-0.25, -0.2) is 9.59 Å². The minimum absolute atomic E-state index is 0.0245. The molecule has 3 aromatic carbocycles. The lowest BCUT2D eigenvalue weighted by Crippen LogP contribution is -2.53. The molecule has 8 heteroatoms. The van der Waals surface area contributed by atoms with E-state index in [4.69, 9.17) is 4.74 Å². The number of carboxylic acid groups (broad SMARTS) is 1. The Labute approximate surface area is 203 Å². The van der Waals surface area contributed by atoms with E-state index >= 15 is 0 Å². The van der Waals surface area contributed by atoms with Crippen LogP contribution in [0.25, 0.3) is 0 Å². The van der Waals surface area contributed by atoms with Gasteiger partial charge >= 0.3 is 12.1 Å². The number of phenols is 1. The van der Waals surface area contributed by atoms with E-state index in [1.54, 1.807) is 48.5 Å². The van der Waals surface area contributed by atoms with Crippen molar-refractivity contribution in [3.8, 4) is 5.75 Å². The number of carboxylic acids is 1. The third-order valence-corrected chi connectivity index (χ3v) is 5.38. The molecule has 3 rings (SSSR count). The Hall–Kier alpha value is -4.33. The zero-order chi connectivity index (χ0) is 25.2. The molecule has 35 heavy (non-hydrogen) atoms. The second-order valence-corrected chi connectivity index (χ2v) is 8.18. The molecule has 4 N–H and O–H groups in total. The number of hydrogen-bond acceptors (Lipinski definition) is 5. The third kappa shape index (κ3) is 7.89. The van der Waals surface area contributed by atoms with Crippen LogP contribution in [0.1, 0.15) is 22.3 Å². The van der Waals surface area contributed by atoms with E-state index in [1.165, 1.54) is 6.07 Å². The minimum atomic E-state index is -1.31. The molecule has 0 radical (unpaired) electrons. The third-order valence-electron chi connectivity index (χ3n) is 5.38. The molecule has 0 spiro atoms. The lowest BCUT2D eigenvalue weighted by Gasteiger charge is -2.22. The molecule has 3 aromatic rings. The van der Waals surface area contributed by atoms with Crippen LogP contribution in [0.5, 0.6) is 5.75 Å². The normalized spacial score (nSPS) is 12.3. The van der Waals surface area contributed by atoms with Gasteiger partial charge in [0.05, 0.1) is 0 Å². The van der Waals surface area contributed by atoms with Gasteiger partial charge in [0.25, 0.3) is 0 Å². The van der Waals surface area contributed by atoms with E-state index in [9.17, 15) is 24.6 Å². The zero-order valence-electron chi connectivity index (χ0n) is 19.3. The number of aliphatic carboxylic acids is 1. The highest BCUT2D eigenvalue weighted by atomic mass is 16.5. The maximum absolute atomic E-state index is 13.1. The van der Waals surface area contributed by atoms with E-state index < -0.39 is 30.1 Å². The first-order valence-corrected chi connectivity index (χ1v) is 11.1. The lowest BCUT2D eigenvalue weighted by atomic mass is 10.0. The van der Waals surface area contributed by atoms with E-state index in [1.807, 2.05) is 31.2 Å². The summed E-state index contributed by atoms with van der Waals surface area (Å²) in [7, 11) is 0. The van der Waals surface area contributed by atoms with E-state index in [0.717, 1.165) is 16.7 Å². The molecular formula is C27H28N2O6. The van der Waals surface area contributed by atoms with Gasteiger partial charge in [-0.05, 0) is 29.7 Å². The monoisotopic (exact) mass is 476 g/mol. The van der Waals surface area contributed by atoms with Gasteiger partial charge in [-0.2, -0.15) is 0 Å². The summed E-state index contributed by atoms with van der Waals surface area (Å²) in [6.07, 6.45) is -0.784. The summed E-state index contributed by atoms with van der Waals surface area (Å²) in [6, 6.07) is 20.6. The van der Waals surface area contributed by atoms with Gasteiger partial charge in [-0.1, -0.05) is 78.4 Å². The van der Waals surface area contributed by atoms with Gasteiger partial charge in [0.1, 0.15) is 24.4 Å². The van der Waals surface area contributed by atoms with Crippen molar-refractivity contribution < 1.29 is 29.3 Å². The van der Waals surface area contributed by atoms with Crippen LogP contribution in [0.4, 0.5) is 4.79 Å². The van der Waals surface area contributed by atoms with Crippen LogP contribution < -0.4 is 10.6 Å². The number of alkyl carbamates (subject to hydrolysis) is 1. The Kier molecular flexibility index (Phi) is 8.83. The standard InChI is InChI=1S/C27H28N2O6/c1-18-12-13-24(30)21(14-18)16-23(26(32)33)28-25(31)22(15-19-8-4-2-5-9-19)29-27(34)35-17-20-10-6-3-7-11-20/h2-14,22-23,30H,15-17H2,1H3,(H,28,31)(H,29,34)(H,32,33). The van der Waals surface area contributed by atoms with Gasteiger partial charge < -0.3 is 25.6 Å². The fourth-order valence-corrected chi connectivity index (χ4v) is 3.54. The summed E-state index contributed by atoms with van der Waals surface area (Å²) in [5.41, 5.74) is 2.81. The number of benzene rings is 3. The fourth-order valence-electron chi connectivity index (χ4n) is 3.54. The number of hydrogen-bond donors (Lipinski definition) is 4. The zero-order valence-corrected chi connectivity index (χ0v) is 19.3. The first kappa shape index (κ1) is 25.3. The molecule has 8 nitrogen and oxygen atoms in total. The van der Waals surface area contributed by atoms with Gasteiger partial charge in [-0.3, -0.25) is 4.79 Å². The van der Waals surface area contributed by atoms with Crippen molar-refractivity contribution in [2.45, 2.75) is 38.5 Å². The SMILES string of the molecule is Cc1ccc(O)c(CC(NC(=O)C(Cc2ccccc2)NC(=O)OCc2ccccc2)C(=O)O)c1. The largest absolute Gasteiger partial charge is 0.508 e. The highest BCUT2D eigenvalue weighted by molar-refractivity contribution is 5.89. The lowest BCUT2D eigenvalue weighted by molar-refractivity contribution is -0.142. The second kappa shape index (κ2) is 12.2. The molecule has 2 unspecified atom stereocenters. The number of nitrogens with one attached hydrogen (secondary N) is 2. The number of aryl methyl sites for hydroxylation is 1. The molecule has 0 aliphatic heterocycles. The molecule has 0 aliphatic rings. The van der Waals surface area contributed by atoms with Crippen LogP contribution in [0.2, 0.25) is 0 Å². The van der Waals surface area contributed by atoms with Crippen LogP contribution in [-0.4, -0.2) is 40.3 Å². The van der Waals surface area contributed by atoms with Crippen molar-refractivity contribution in [1.82, 2.24) is 10.6 Å². The highest BCUT2D eigenvalue weighted by Crippen LogP contribution is 2.20. The smallest absolute Gasteiger partial charge is 0.408 e. The van der Waals surface area contributed by atoms with Crippen LogP contribution in [-0.2, 0) is 33.8 Å². The molecule has 0 bridgehead atoms. The molecule has 0 fully saturated rings. The van der Waals surface area contributed by atoms with Crippen LogP contribution in [0.15, 0.2) is 78.9 Å². The number of carbonyl (C=O) groups is 3. The molecule has 2 atom stereocenters. The summed E-state index contributed by atoms with van der Waals surface area (Å²) >= 11 is 0. The number of aromatic hydroxyl groups is 1. The van der Waals surface area contributed by atoms with Crippen LogP contribution in [0, 0.1) is 6.92 Å². The predicted octanol–water partition coefficient (Wildman–Crippen LogP) is 3.35. The summed E-state index contributed by atoms with van der Waals surface area (Å²) < 4.78 is 5.24. The number of carbonyl (C=O) groups excluding carboxylic acids is 2. The summed E-state index contributed by atoms with van der Waals surface area (Å²) in [6.45, 7) is 1.84. The quantitative estimate of drug-likeness (QED) is 0.356. The van der Waals surface area contributed by atoms with E-state index in [2.05, 4.69) is 10.6 Å². The molecule has 0 aromatic heterocycles. The molecular weight excluding hydrogens is 448 g/mol. The maximum Gasteiger partial charge on any atom is 0.408 e. The van der Waals surface area contributed by atoms with Gasteiger partial charge in [-0.15, -0.1) is 0 Å². The average molecular weight is 477 g/mol. The number of ether oxygens (including phenoxy) is 1. The average Bonchev–Trinajstić information content (AvgIpc) is 2.85. The number of phenolic OH excluding ortho intramolecular Hbond substituents is 1. The molecule has 182 valence electrons. The maximum atomic E-state index is 13.1. The van der Waals surface area contributed by atoms with Crippen molar-refractivity contribution in [2.75, 3.05) is 0 Å². The molecule has 0 heterocycles. The first-order valence-electron chi connectivity index (χ1n) is 11.1. The van der Waals surface area contributed by atoms with E-state index in [0.29, 0.717) is 5.56 Å². The van der Waals surface area contributed by atoms with Gasteiger partial charge in [0.2, 0.25) is 5.91 Å². The van der Waals surface area contributed by atoms with Crippen molar-refractivity contribution in [1.29, 1.82) is 0 Å². The van der Waals surface area contributed by atoms with Gasteiger partial charge in [0.15, 0.2) is 0 Å². The molecule has 0 saturated carbocycles. The Bertz CT molecular complexity index is 1150. The molecule has 0 aliphatic carbocycles. The fraction of sp³-hybridized carbons (Fsp3) is 0.222.